The summed E-state index contributed by atoms with van der Waals surface area (Å²) < 4.78 is 54.0. The lowest BCUT2D eigenvalue weighted by molar-refractivity contribution is -0.292. The number of hydrogen-bond acceptors (Lipinski definition) is 11. The van der Waals surface area contributed by atoms with Crippen LogP contribution in [0.25, 0.3) is 10.4 Å². The predicted octanol–water partition coefficient (Wildman–Crippen LogP) is 5.41. The molecule has 12 bridgehead atoms. The molecule has 0 aromatic heterocycles. The lowest BCUT2D eigenvalue weighted by Crippen LogP contribution is -2.61. The molecule has 0 aromatic carbocycles. The van der Waals surface area contributed by atoms with Gasteiger partial charge in [0.1, 0.15) is 36.3 Å². The highest BCUT2D eigenvalue weighted by atomic mass is 16.8. The van der Waals surface area contributed by atoms with Gasteiger partial charge < -0.3 is 43.0 Å². The number of hydrogen-bond donors (Lipinski definition) is 1. The van der Waals surface area contributed by atoms with Crippen LogP contribution in [0.2, 0.25) is 0 Å². The SMILES string of the molecule is C=C1C[C@@H]2CCC34C[C@H]5O[C@H]6[C@@H](O3)[C@H]3OC(CC[C@@H]3O[C@H]6C5O4)CC(=O)C[C@@H]3[C@@H](C)[C@@H](C[C@H](O)CN=[N+]=[N-])O[C@H]3CC3O[C@@H](CCC1O2)C[C@@H](C)C3=C. The average molecular weight is 740 g/mol. The molecule has 0 amide bonds. The van der Waals surface area contributed by atoms with E-state index in [4.69, 9.17) is 43.4 Å². The molecule has 10 rings (SSSR count). The highest BCUT2D eigenvalue weighted by Gasteiger charge is 2.68. The number of carbonyl (C=O) groups excluding carboxylic acids is 1. The summed E-state index contributed by atoms with van der Waals surface area (Å²) in [6.07, 6.45) is 5.39. The third-order valence-corrected chi connectivity index (χ3v) is 14.3. The Hall–Kier alpha value is -1.90. The minimum absolute atomic E-state index is 0.00591. The number of ether oxygens (including phenoxy) is 8. The van der Waals surface area contributed by atoms with E-state index >= 15 is 0 Å². The molecular formula is C40H57N3O10. The van der Waals surface area contributed by atoms with Gasteiger partial charge in [0.05, 0.1) is 67.6 Å². The highest BCUT2D eigenvalue weighted by molar-refractivity contribution is 5.79. The molecular weight excluding hydrogens is 682 g/mol. The van der Waals surface area contributed by atoms with E-state index in [1.807, 2.05) is 0 Å². The second kappa shape index (κ2) is 14.6. The van der Waals surface area contributed by atoms with Gasteiger partial charge in [0, 0.05) is 37.0 Å². The Morgan fingerprint density at radius 1 is 0.811 bits per heavy atom. The van der Waals surface area contributed by atoms with Crippen molar-refractivity contribution in [2.75, 3.05) is 6.54 Å². The number of carbonyl (C=O) groups is 1. The summed E-state index contributed by atoms with van der Waals surface area (Å²) in [5, 5.41) is 14.3. The Labute approximate surface area is 312 Å². The molecule has 292 valence electrons. The van der Waals surface area contributed by atoms with Gasteiger partial charge in [-0.05, 0) is 85.8 Å². The zero-order valence-corrected chi connectivity index (χ0v) is 31.2. The van der Waals surface area contributed by atoms with Crippen molar-refractivity contribution in [3.63, 3.8) is 0 Å². The molecule has 53 heavy (non-hydrogen) atoms. The van der Waals surface area contributed by atoms with Crippen LogP contribution in [0, 0.1) is 17.8 Å². The Kier molecular flexibility index (Phi) is 10.1. The summed E-state index contributed by atoms with van der Waals surface area (Å²) in [5.41, 5.74) is 11.0. The molecule has 13 heteroatoms. The van der Waals surface area contributed by atoms with Gasteiger partial charge in [0.15, 0.2) is 5.79 Å². The van der Waals surface area contributed by atoms with Crippen LogP contribution in [-0.4, -0.2) is 115 Å². The lowest BCUT2D eigenvalue weighted by Gasteiger charge is -2.47. The van der Waals surface area contributed by atoms with Gasteiger partial charge in [-0.15, -0.1) is 0 Å². The van der Waals surface area contributed by atoms with E-state index in [0.717, 1.165) is 56.1 Å². The molecule has 0 radical (unpaired) electrons. The molecule has 10 fully saturated rings. The second-order valence-corrected chi connectivity index (χ2v) is 17.8. The molecule has 10 saturated heterocycles. The molecule has 10 aliphatic rings. The minimum Gasteiger partial charge on any atom is -0.393 e. The quantitative estimate of drug-likeness (QED) is 0.171. The van der Waals surface area contributed by atoms with Gasteiger partial charge in [-0.1, -0.05) is 32.1 Å². The Bertz CT molecular complexity index is 1490. The summed E-state index contributed by atoms with van der Waals surface area (Å²) >= 11 is 0. The third-order valence-electron chi connectivity index (χ3n) is 14.3. The topological polar surface area (TPSA) is 160 Å². The molecule has 0 saturated carbocycles. The standard InChI is InChI=1S/C40H57N3O10/c1-19-11-25-5-7-29-20(2)12-27(46-29)9-10-40-17-34-36(52-40)37-38(51-34)39(53-40)35-30(50-37)8-6-26(48-35)13-23(44)14-28-22(4)31(15-24(45)18-42-43-41)49-33(28)16-32(47-25)21(19)3/h19,22,24-39,45H,2-3,5-18H2,1,4H3/t19-,22-,24+,25+,26?,27+,28-,29?,30+,31-,32?,33+,34-,35+,36?,37+,38-,39+,40?/m1/s1. The van der Waals surface area contributed by atoms with Crippen LogP contribution in [0.5, 0.6) is 0 Å². The summed E-state index contributed by atoms with van der Waals surface area (Å²) in [6, 6.07) is 0. The zero-order chi connectivity index (χ0) is 36.6. The predicted molar refractivity (Wildman–Crippen MR) is 190 cm³/mol. The Morgan fingerprint density at radius 3 is 2.42 bits per heavy atom. The van der Waals surface area contributed by atoms with E-state index < -0.39 is 11.9 Å². The van der Waals surface area contributed by atoms with Crippen LogP contribution < -0.4 is 0 Å². The van der Waals surface area contributed by atoms with E-state index in [2.05, 4.69) is 37.0 Å². The molecule has 13 nitrogen and oxygen atoms in total. The maximum absolute atomic E-state index is 14.0. The highest BCUT2D eigenvalue weighted by Crippen LogP contribution is 2.54. The number of aliphatic hydroxyl groups excluding tert-OH is 1. The monoisotopic (exact) mass is 739 g/mol. The molecule has 10 heterocycles. The van der Waals surface area contributed by atoms with E-state index in [1.54, 1.807) is 0 Å². The lowest BCUT2D eigenvalue weighted by atomic mass is 9.78. The number of nitrogens with zero attached hydrogens (tertiary/aromatic N) is 3. The summed E-state index contributed by atoms with van der Waals surface area (Å²) in [4.78, 5) is 16.9. The molecule has 0 aliphatic carbocycles. The van der Waals surface area contributed by atoms with Gasteiger partial charge in [0.2, 0.25) is 0 Å². The molecule has 10 aliphatic heterocycles. The van der Waals surface area contributed by atoms with Crippen LogP contribution in [0.3, 0.4) is 0 Å². The number of ketones is 1. The number of rotatable bonds is 4. The van der Waals surface area contributed by atoms with Crippen molar-refractivity contribution in [1.29, 1.82) is 0 Å². The van der Waals surface area contributed by atoms with Gasteiger partial charge in [-0.3, -0.25) is 4.79 Å². The molecule has 0 aromatic rings. The number of aliphatic hydroxyl groups is 1. The van der Waals surface area contributed by atoms with Crippen molar-refractivity contribution >= 4 is 5.78 Å². The van der Waals surface area contributed by atoms with Crippen LogP contribution in [-0.2, 0) is 42.7 Å². The maximum Gasteiger partial charge on any atom is 0.172 e. The average Bonchev–Trinajstić information content (AvgIpc) is 3.79. The van der Waals surface area contributed by atoms with E-state index in [1.165, 1.54) is 0 Å². The zero-order valence-electron chi connectivity index (χ0n) is 31.2. The summed E-state index contributed by atoms with van der Waals surface area (Å²) in [5.74, 6) is -0.449. The van der Waals surface area contributed by atoms with Crippen molar-refractivity contribution in [3.05, 3.63) is 34.7 Å². The summed E-state index contributed by atoms with van der Waals surface area (Å²) in [7, 11) is 0. The van der Waals surface area contributed by atoms with Crippen LogP contribution in [0.1, 0.15) is 97.3 Å². The smallest absolute Gasteiger partial charge is 0.172 e. The first-order valence-electron chi connectivity index (χ1n) is 20.4. The third kappa shape index (κ3) is 6.95. The first-order chi connectivity index (χ1) is 25.6. The number of Topliss-reactive ketones (excluding diaryl/α,β-unsaturated/α-hetero) is 1. The van der Waals surface area contributed by atoms with Crippen LogP contribution in [0.4, 0.5) is 0 Å². The van der Waals surface area contributed by atoms with Gasteiger partial charge in [0.25, 0.3) is 0 Å². The molecule has 1 N–H and O–H groups in total. The Morgan fingerprint density at radius 2 is 1.57 bits per heavy atom. The van der Waals surface area contributed by atoms with Gasteiger partial charge in [-0.2, -0.15) is 0 Å². The van der Waals surface area contributed by atoms with Gasteiger partial charge in [-0.25, -0.2) is 0 Å². The van der Waals surface area contributed by atoms with Crippen LogP contribution in [0.15, 0.2) is 29.4 Å². The summed E-state index contributed by atoms with van der Waals surface area (Å²) in [6.45, 7) is 13.2. The van der Waals surface area contributed by atoms with Crippen molar-refractivity contribution in [2.24, 2.45) is 22.9 Å². The minimum atomic E-state index is -0.830. The first kappa shape index (κ1) is 36.7. The van der Waals surface area contributed by atoms with E-state index in [0.29, 0.717) is 38.5 Å². The fourth-order valence-electron chi connectivity index (χ4n) is 11.4. The van der Waals surface area contributed by atoms with Crippen LogP contribution >= 0.6 is 0 Å². The number of fused-ring (bicyclic) bond motifs is 6. The van der Waals surface area contributed by atoms with Crippen molar-refractivity contribution in [2.45, 2.75) is 195 Å². The van der Waals surface area contributed by atoms with Crippen molar-refractivity contribution < 1.29 is 47.8 Å². The number of azide groups is 1. The van der Waals surface area contributed by atoms with E-state index in [9.17, 15) is 9.90 Å². The fraction of sp³-hybridized carbons (Fsp3) is 0.875. The maximum atomic E-state index is 14.0. The fourth-order valence-corrected chi connectivity index (χ4v) is 11.4. The molecule has 1 spiro atoms. The second-order valence-electron chi connectivity index (χ2n) is 17.8. The Balaban J connectivity index is 0.979. The largest absolute Gasteiger partial charge is 0.393 e. The van der Waals surface area contributed by atoms with Crippen molar-refractivity contribution in [1.82, 2.24) is 0 Å². The normalized spacial score (nSPS) is 51.4. The molecule has 19 atom stereocenters. The van der Waals surface area contributed by atoms with Gasteiger partial charge >= 0.3 is 0 Å². The van der Waals surface area contributed by atoms with E-state index in [-0.39, 0.29) is 116 Å². The first-order valence-corrected chi connectivity index (χ1v) is 20.4. The van der Waals surface area contributed by atoms with Crippen molar-refractivity contribution in [3.8, 4) is 0 Å². The molecule has 5 unspecified atom stereocenters.